The molecule has 2 aromatic rings. The van der Waals surface area contributed by atoms with Crippen LogP contribution in [0.25, 0.3) is 0 Å². The number of anilines is 1. The van der Waals surface area contributed by atoms with Crippen molar-refractivity contribution in [3.8, 4) is 0 Å². The Labute approximate surface area is 145 Å². The minimum absolute atomic E-state index is 0.0636. The molecule has 0 saturated heterocycles. The number of nitrogens with zero attached hydrogens (tertiary/aromatic N) is 1. The van der Waals surface area contributed by atoms with Crippen LogP contribution in [0.2, 0.25) is 0 Å². The van der Waals surface area contributed by atoms with E-state index in [1.54, 1.807) is 6.26 Å². The fraction of sp³-hybridized carbons (Fsp3) is 0.316. The normalized spacial score (nSPS) is 16.5. The molecule has 2 aromatic carbocycles. The summed E-state index contributed by atoms with van der Waals surface area (Å²) < 4.78 is 11.4. The molecule has 0 fully saturated rings. The number of aryl methyl sites for hydroxylation is 2. The first-order valence-corrected chi connectivity index (χ1v) is 9.74. The Morgan fingerprint density at radius 3 is 2.58 bits per heavy atom. The van der Waals surface area contributed by atoms with Gasteiger partial charge in [0, 0.05) is 27.6 Å². The lowest BCUT2D eigenvalue weighted by molar-refractivity contribution is 0.686. The number of nitrogens with one attached hydrogen (secondary N) is 1. The average molecular weight is 341 g/mol. The predicted molar refractivity (Wildman–Crippen MR) is 101 cm³/mol. The maximum absolute atomic E-state index is 11.4. The highest BCUT2D eigenvalue weighted by molar-refractivity contribution is 7.84. The standard InChI is InChI=1S/C19H23N3OS/c1-13(14-7-10-18(11-8-14)24(2)23)21-19(20)22-17-9-6-15-4-3-5-16(15)12-17/h6-13H,3-5H2,1-2H3,(H3,20,21,22). The van der Waals surface area contributed by atoms with E-state index in [0.717, 1.165) is 22.6 Å². The third-order valence-corrected chi connectivity index (χ3v) is 5.33. The van der Waals surface area contributed by atoms with E-state index >= 15 is 0 Å². The van der Waals surface area contributed by atoms with E-state index in [0.29, 0.717) is 5.96 Å². The Kier molecular flexibility index (Phi) is 5.00. The second-order valence-corrected chi connectivity index (χ2v) is 7.56. The largest absolute Gasteiger partial charge is 0.370 e. The van der Waals surface area contributed by atoms with Crippen LogP contribution in [0.5, 0.6) is 0 Å². The molecule has 5 heteroatoms. The van der Waals surface area contributed by atoms with Gasteiger partial charge in [0.25, 0.3) is 0 Å². The summed E-state index contributed by atoms with van der Waals surface area (Å²) >= 11 is 0. The third kappa shape index (κ3) is 3.85. The molecular formula is C19H23N3OS. The summed E-state index contributed by atoms with van der Waals surface area (Å²) in [6.07, 6.45) is 5.23. The van der Waals surface area contributed by atoms with Crippen LogP contribution in [0.1, 0.15) is 36.1 Å². The zero-order chi connectivity index (χ0) is 17.1. The van der Waals surface area contributed by atoms with Crippen molar-refractivity contribution in [2.45, 2.75) is 37.1 Å². The Bertz CT molecular complexity index is 784. The molecule has 0 saturated carbocycles. The summed E-state index contributed by atoms with van der Waals surface area (Å²) in [4.78, 5) is 5.34. The molecular weight excluding hydrogens is 318 g/mol. The van der Waals surface area contributed by atoms with Crippen molar-refractivity contribution in [1.82, 2.24) is 0 Å². The maximum Gasteiger partial charge on any atom is 0.193 e. The minimum Gasteiger partial charge on any atom is -0.370 e. The molecule has 2 atom stereocenters. The molecule has 3 N–H and O–H groups in total. The van der Waals surface area contributed by atoms with Gasteiger partial charge in [0.1, 0.15) is 0 Å². The lowest BCUT2D eigenvalue weighted by Gasteiger charge is -2.12. The molecule has 0 aromatic heterocycles. The van der Waals surface area contributed by atoms with Gasteiger partial charge in [0.15, 0.2) is 5.96 Å². The van der Waals surface area contributed by atoms with Gasteiger partial charge >= 0.3 is 0 Å². The van der Waals surface area contributed by atoms with Gasteiger partial charge in [0.2, 0.25) is 0 Å². The summed E-state index contributed by atoms with van der Waals surface area (Å²) in [5, 5.41) is 3.18. The SMILES string of the molecule is CC(N=C(N)Nc1ccc2c(c1)CCC2)c1ccc(S(C)=O)cc1. The van der Waals surface area contributed by atoms with Crippen molar-refractivity contribution in [2.24, 2.45) is 10.7 Å². The molecule has 4 nitrogen and oxygen atoms in total. The molecule has 126 valence electrons. The molecule has 0 spiro atoms. The first kappa shape index (κ1) is 16.7. The second kappa shape index (κ2) is 7.18. The Hall–Kier alpha value is -2.14. The number of hydrogen-bond donors (Lipinski definition) is 2. The van der Waals surface area contributed by atoms with Gasteiger partial charge in [0.05, 0.1) is 6.04 Å². The molecule has 1 aliphatic rings. The van der Waals surface area contributed by atoms with Crippen LogP contribution in [0.15, 0.2) is 52.4 Å². The van der Waals surface area contributed by atoms with Crippen LogP contribution < -0.4 is 11.1 Å². The van der Waals surface area contributed by atoms with Gasteiger partial charge < -0.3 is 11.1 Å². The molecule has 0 amide bonds. The highest BCUT2D eigenvalue weighted by atomic mass is 32.2. The van der Waals surface area contributed by atoms with Crippen LogP contribution >= 0.6 is 0 Å². The number of benzene rings is 2. The highest BCUT2D eigenvalue weighted by Crippen LogP contribution is 2.25. The van der Waals surface area contributed by atoms with Crippen molar-refractivity contribution in [3.05, 3.63) is 59.2 Å². The highest BCUT2D eigenvalue weighted by Gasteiger charge is 2.11. The molecule has 24 heavy (non-hydrogen) atoms. The van der Waals surface area contributed by atoms with E-state index in [4.69, 9.17) is 5.73 Å². The smallest absolute Gasteiger partial charge is 0.193 e. The molecule has 0 radical (unpaired) electrons. The molecule has 1 aliphatic carbocycles. The van der Waals surface area contributed by atoms with Gasteiger partial charge in [-0.15, -0.1) is 0 Å². The Balaban J connectivity index is 1.69. The van der Waals surface area contributed by atoms with Crippen molar-refractivity contribution in [3.63, 3.8) is 0 Å². The topological polar surface area (TPSA) is 67.5 Å². The van der Waals surface area contributed by atoms with E-state index in [1.807, 2.05) is 31.2 Å². The van der Waals surface area contributed by atoms with Gasteiger partial charge in [-0.25, -0.2) is 4.99 Å². The second-order valence-electron chi connectivity index (χ2n) is 6.18. The van der Waals surface area contributed by atoms with Gasteiger partial charge in [-0.2, -0.15) is 0 Å². The van der Waals surface area contributed by atoms with Crippen molar-refractivity contribution in [1.29, 1.82) is 0 Å². The Morgan fingerprint density at radius 2 is 1.88 bits per heavy atom. The summed E-state index contributed by atoms with van der Waals surface area (Å²) in [6, 6.07) is 14.0. The number of guanidine groups is 1. The van der Waals surface area contributed by atoms with Gasteiger partial charge in [-0.1, -0.05) is 18.2 Å². The van der Waals surface area contributed by atoms with Crippen molar-refractivity contribution in [2.75, 3.05) is 11.6 Å². The third-order valence-electron chi connectivity index (χ3n) is 4.40. The minimum atomic E-state index is -0.961. The molecule has 0 bridgehead atoms. The summed E-state index contributed by atoms with van der Waals surface area (Å²) in [7, 11) is -0.961. The summed E-state index contributed by atoms with van der Waals surface area (Å²) in [6.45, 7) is 2.00. The monoisotopic (exact) mass is 341 g/mol. The number of hydrogen-bond acceptors (Lipinski definition) is 2. The fourth-order valence-electron chi connectivity index (χ4n) is 3.05. The zero-order valence-corrected chi connectivity index (χ0v) is 14.9. The van der Waals surface area contributed by atoms with E-state index in [9.17, 15) is 4.21 Å². The van der Waals surface area contributed by atoms with Gasteiger partial charge in [-0.3, -0.25) is 4.21 Å². The molecule has 0 aliphatic heterocycles. The lowest BCUT2D eigenvalue weighted by Crippen LogP contribution is -2.23. The fourth-order valence-corrected chi connectivity index (χ4v) is 3.57. The van der Waals surface area contributed by atoms with Crippen LogP contribution in [-0.4, -0.2) is 16.4 Å². The molecule has 0 heterocycles. The number of aliphatic imine (C=N–C) groups is 1. The van der Waals surface area contributed by atoms with Crippen LogP contribution in [-0.2, 0) is 23.6 Å². The van der Waals surface area contributed by atoms with Crippen molar-refractivity contribution < 1.29 is 4.21 Å². The average Bonchev–Trinajstić information content (AvgIpc) is 3.02. The number of rotatable bonds is 4. The molecule has 3 rings (SSSR count). The predicted octanol–water partition coefficient (Wildman–Crippen LogP) is 3.40. The summed E-state index contributed by atoms with van der Waals surface area (Å²) in [5.41, 5.74) is 10.9. The zero-order valence-electron chi connectivity index (χ0n) is 14.1. The number of nitrogens with two attached hydrogens (primary N) is 1. The van der Waals surface area contributed by atoms with E-state index in [1.165, 1.54) is 24.0 Å². The number of fused-ring (bicyclic) bond motifs is 1. The van der Waals surface area contributed by atoms with E-state index in [2.05, 4.69) is 28.5 Å². The first-order chi connectivity index (χ1) is 11.5. The lowest BCUT2D eigenvalue weighted by atomic mass is 10.1. The first-order valence-electron chi connectivity index (χ1n) is 8.18. The van der Waals surface area contributed by atoms with E-state index in [-0.39, 0.29) is 6.04 Å². The molecule has 2 unspecified atom stereocenters. The Morgan fingerprint density at radius 1 is 1.17 bits per heavy atom. The maximum atomic E-state index is 11.4. The van der Waals surface area contributed by atoms with Crippen molar-refractivity contribution >= 4 is 22.4 Å². The summed E-state index contributed by atoms with van der Waals surface area (Å²) in [5.74, 6) is 0.406. The van der Waals surface area contributed by atoms with Crippen LogP contribution in [0.4, 0.5) is 5.69 Å². The van der Waals surface area contributed by atoms with Crippen LogP contribution in [0.3, 0.4) is 0 Å². The quantitative estimate of drug-likeness (QED) is 0.661. The van der Waals surface area contributed by atoms with Crippen LogP contribution in [0, 0.1) is 0 Å². The van der Waals surface area contributed by atoms with Gasteiger partial charge in [-0.05, 0) is 67.1 Å². The van der Waals surface area contributed by atoms with E-state index < -0.39 is 10.8 Å².